The van der Waals surface area contributed by atoms with E-state index in [1.807, 2.05) is 12.4 Å². The number of carbonyl (C=O) groups is 2. The normalized spacial score (nSPS) is 14.4. The Hall–Kier alpha value is -2.89. The van der Waals surface area contributed by atoms with E-state index in [1.54, 1.807) is 29.2 Å². The van der Waals surface area contributed by atoms with E-state index in [9.17, 15) is 9.59 Å². The summed E-state index contributed by atoms with van der Waals surface area (Å²) in [5.41, 5.74) is 1.77. The Morgan fingerprint density at radius 3 is 2.38 bits per heavy atom. The summed E-state index contributed by atoms with van der Waals surface area (Å²) in [5, 5.41) is 0. The fourth-order valence-corrected chi connectivity index (χ4v) is 3.66. The summed E-state index contributed by atoms with van der Waals surface area (Å²) in [6.07, 6.45) is 10.1. The standard InChI is InChI=1S/C23H28N2O4/c1-28-22(26)20-6-8-21(9-7-20)29-23(27)25-16-12-19(13-17-25)5-3-2-4-18-10-14-24-15-11-18/h6-11,14-15,19H,2-5,12-13,16-17H2,1H3. The zero-order valence-electron chi connectivity index (χ0n) is 16.9. The summed E-state index contributed by atoms with van der Waals surface area (Å²) in [6, 6.07) is 10.6. The molecule has 3 rings (SSSR count). The van der Waals surface area contributed by atoms with Crippen LogP contribution < -0.4 is 4.74 Å². The first-order chi connectivity index (χ1) is 14.2. The van der Waals surface area contributed by atoms with Gasteiger partial charge in [-0.2, -0.15) is 0 Å². The maximum atomic E-state index is 12.4. The largest absolute Gasteiger partial charge is 0.465 e. The molecule has 1 aromatic carbocycles. The van der Waals surface area contributed by atoms with Gasteiger partial charge in [-0.15, -0.1) is 0 Å². The van der Waals surface area contributed by atoms with Crippen molar-refractivity contribution in [1.82, 2.24) is 9.88 Å². The van der Waals surface area contributed by atoms with Crippen molar-refractivity contribution in [3.8, 4) is 5.75 Å². The first-order valence-corrected chi connectivity index (χ1v) is 10.2. The van der Waals surface area contributed by atoms with Crippen LogP contribution in [0.2, 0.25) is 0 Å². The molecule has 2 heterocycles. The number of hydrogen-bond acceptors (Lipinski definition) is 5. The highest BCUT2D eigenvalue weighted by atomic mass is 16.6. The van der Waals surface area contributed by atoms with Gasteiger partial charge in [0, 0.05) is 25.5 Å². The van der Waals surface area contributed by atoms with Crippen molar-refractivity contribution in [2.75, 3.05) is 20.2 Å². The minimum atomic E-state index is -0.411. The van der Waals surface area contributed by atoms with Crippen LogP contribution in [0.4, 0.5) is 4.79 Å². The first kappa shape index (κ1) is 20.8. The van der Waals surface area contributed by atoms with Crippen molar-refractivity contribution in [3.05, 3.63) is 59.9 Å². The maximum Gasteiger partial charge on any atom is 0.415 e. The second-order valence-corrected chi connectivity index (χ2v) is 7.42. The molecule has 6 heteroatoms. The van der Waals surface area contributed by atoms with Gasteiger partial charge < -0.3 is 14.4 Å². The van der Waals surface area contributed by atoms with Gasteiger partial charge in [0.15, 0.2) is 0 Å². The molecule has 1 aliphatic rings. The third-order valence-corrected chi connectivity index (χ3v) is 5.43. The van der Waals surface area contributed by atoms with Crippen LogP contribution in [0.25, 0.3) is 0 Å². The number of carbonyl (C=O) groups excluding carboxylic acids is 2. The van der Waals surface area contributed by atoms with E-state index < -0.39 is 5.97 Å². The van der Waals surface area contributed by atoms with Crippen molar-refractivity contribution in [2.24, 2.45) is 5.92 Å². The van der Waals surface area contributed by atoms with Gasteiger partial charge in [0.05, 0.1) is 12.7 Å². The number of ether oxygens (including phenoxy) is 2. The SMILES string of the molecule is COC(=O)c1ccc(OC(=O)N2CCC(CCCCc3ccncc3)CC2)cc1. The zero-order valence-corrected chi connectivity index (χ0v) is 16.9. The number of pyridine rings is 1. The number of aromatic nitrogens is 1. The Bertz CT molecular complexity index is 784. The molecule has 1 aliphatic heterocycles. The Morgan fingerprint density at radius 2 is 1.72 bits per heavy atom. The van der Waals surface area contributed by atoms with Crippen LogP contribution in [-0.4, -0.2) is 42.1 Å². The summed E-state index contributed by atoms with van der Waals surface area (Å²) in [6.45, 7) is 1.46. The molecule has 1 amide bonds. The first-order valence-electron chi connectivity index (χ1n) is 10.2. The molecule has 6 nitrogen and oxygen atoms in total. The molecule has 0 aliphatic carbocycles. The van der Waals surface area contributed by atoms with Crippen LogP contribution in [0, 0.1) is 5.92 Å². The smallest absolute Gasteiger partial charge is 0.415 e. The highest BCUT2D eigenvalue weighted by molar-refractivity contribution is 5.89. The molecular weight excluding hydrogens is 368 g/mol. The molecule has 154 valence electrons. The van der Waals surface area contributed by atoms with Gasteiger partial charge in [0.1, 0.15) is 5.75 Å². The molecule has 0 atom stereocenters. The lowest BCUT2D eigenvalue weighted by atomic mass is 9.91. The van der Waals surface area contributed by atoms with Crippen molar-refractivity contribution in [2.45, 2.75) is 38.5 Å². The minimum absolute atomic E-state index is 0.327. The van der Waals surface area contributed by atoms with E-state index in [0.29, 0.717) is 17.2 Å². The molecule has 29 heavy (non-hydrogen) atoms. The summed E-state index contributed by atoms with van der Waals surface area (Å²) >= 11 is 0. The van der Waals surface area contributed by atoms with Crippen LogP contribution >= 0.6 is 0 Å². The number of aryl methyl sites for hydroxylation is 1. The van der Waals surface area contributed by atoms with E-state index in [2.05, 4.69) is 21.9 Å². The third-order valence-electron chi connectivity index (χ3n) is 5.43. The van der Waals surface area contributed by atoms with E-state index in [4.69, 9.17) is 4.74 Å². The van der Waals surface area contributed by atoms with Crippen molar-refractivity contribution in [1.29, 1.82) is 0 Å². The summed E-state index contributed by atoms with van der Waals surface area (Å²) in [5.74, 6) is 0.697. The summed E-state index contributed by atoms with van der Waals surface area (Å²) in [7, 11) is 1.33. The fourth-order valence-electron chi connectivity index (χ4n) is 3.66. The number of likely N-dealkylation sites (tertiary alicyclic amines) is 1. The number of piperidine rings is 1. The topological polar surface area (TPSA) is 68.7 Å². The van der Waals surface area contributed by atoms with E-state index in [-0.39, 0.29) is 6.09 Å². The van der Waals surface area contributed by atoms with Gasteiger partial charge in [-0.25, -0.2) is 9.59 Å². The zero-order chi connectivity index (χ0) is 20.5. The maximum absolute atomic E-state index is 12.4. The number of amides is 1. The van der Waals surface area contributed by atoms with Gasteiger partial charge in [-0.05, 0) is 73.6 Å². The molecule has 0 unspecified atom stereocenters. The number of benzene rings is 1. The van der Waals surface area contributed by atoms with Gasteiger partial charge in [0.2, 0.25) is 0 Å². The summed E-state index contributed by atoms with van der Waals surface area (Å²) in [4.78, 5) is 29.6. The predicted molar refractivity (Wildman–Crippen MR) is 110 cm³/mol. The molecule has 1 fully saturated rings. The van der Waals surface area contributed by atoms with Crippen LogP contribution in [0.15, 0.2) is 48.8 Å². The molecule has 0 radical (unpaired) electrons. The van der Waals surface area contributed by atoms with Crippen LogP contribution in [0.5, 0.6) is 5.75 Å². The fraction of sp³-hybridized carbons (Fsp3) is 0.435. The molecule has 0 spiro atoms. The third kappa shape index (κ3) is 6.31. The minimum Gasteiger partial charge on any atom is -0.465 e. The Morgan fingerprint density at radius 1 is 1.03 bits per heavy atom. The molecule has 1 saturated heterocycles. The monoisotopic (exact) mass is 396 g/mol. The van der Waals surface area contributed by atoms with E-state index >= 15 is 0 Å². The highest BCUT2D eigenvalue weighted by Crippen LogP contribution is 2.24. The number of unbranched alkanes of at least 4 members (excludes halogenated alkanes) is 1. The van der Waals surface area contributed by atoms with Crippen molar-refractivity contribution >= 4 is 12.1 Å². The number of esters is 1. The van der Waals surface area contributed by atoms with Crippen LogP contribution in [0.1, 0.15) is 48.0 Å². The van der Waals surface area contributed by atoms with Gasteiger partial charge in [0.25, 0.3) is 0 Å². The average Bonchev–Trinajstić information content (AvgIpc) is 2.78. The second-order valence-electron chi connectivity index (χ2n) is 7.42. The lowest BCUT2D eigenvalue weighted by Crippen LogP contribution is -2.40. The van der Waals surface area contributed by atoms with E-state index in [1.165, 1.54) is 31.9 Å². The van der Waals surface area contributed by atoms with E-state index in [0.717, 1.165) is 32.4 Å². The quantitative estimate of drug-likeness (QED) is 0.509. The molecule has 2 aromatic rings. The number of rotatable bonds is 7. The molecule has 0 N–H and O–H groups in total. The van der Waals surface area contributed by atoms with Gasteiger partial charge in [-0.1, -0.05) is 12.8 Å². The molecule has 0 bridgehead atoms. The van der Waals surface area contributed by atoms with Crippen molar-refractivity contribution < 1.29 is 19.1 Å². The summed E-state index contributed by atoms with van der Waals surface area (Å²) < 4.78 is 10.1. The molecule has 0 saturated carbocycles. The Labute approximate surface area is 171 Å². The average molecular weight is 396 g/mol. The second kappa shape index (κ2) is 10.6. The van der Waals surface area contributed by atoms with Crippen LogP contribution in [-0.2, 0) is 11.2 Å². The predicted octanol–water partition coefficient (Wildman–Crippen LogP) is 4.49. The van der Waals surface area contributed by atoms with Crippen LogP contribution in [0.3, 0.4) is 0 Å². The number of hydrogen-bond donors (Lipinski definition) is 0. The number of methoxy groups -OCH3 is 1. The lowest BCUT2D eigenvalue weighted by Gasteiger charge is -2.31. The molecular formula is C23H28N2O4. The molecule has 1 aromatic heterocycles. The van der Waals surface area contributed by atoms with Gasteiger partial charge >= 0.3 is 12.1 Å². The lowest BCUT2D eigenvalue weighted by molar-refractivity contribution is 0.0600. The van der Waals surface area contributed by atoms with Gasteiger partial charge in [-0.3, -0.25) is 4.98 Å². The Kier molecular flexibility index (Phi) is 7.61. The Balaban J connectivity index is 1.35. The van der Waals surface area contributed by atoms with Crippen molar-refractivity contribution in [3.63, 3.8) is 0 Å². The number of nitrogens with zero attached hydrogens (tertiary/aromatic N) is 2. The highest BCUT2D eigenvalue weighted by Gasteiger charge is 2.24.